The molecule has 0 atom stereocenters. The number of pyridine rings is 1. The highest BCUT2D eigenvalue weighted by atomic mass is 35.5. The molecule has 0 aliphatic heterocycles. The van der Waals surface area contributed by atoms with Crippen molar-refractivity contribution < 1.29 is 4.79 Å². The van der Waals surface area contributed by atoms with E-state index < -0.39 is 0 Å². The lowest BCUT2D eigenvalue weighted by atomic mass is 10.1. The van der Waals surface area contributed by atoms with Gasteiger partial charge >= 0.3 is 0 Å². The van der Waals surface area contributed by atoms with Gasteiger partial charge in [0.05, 0.1) is 15.1 Å². The summed E-state index contributed by atoms with van der Waals surface area (Å²) in [4.78, 5) is 16.0. The van der Waals surface area contributed by atoms with Crippen LogP contribution in [-0.4, -0.2) is 10.8 Å². The van der Waals surface area contributed by atoms with Crippen LogP contribution in [-0.2, 0) is 0 Å². The predicted molar refractivity (Wildman–Crippen MR) is 69.1 cm³/mol. The number of carbonyl (C=O) groups excluding carboxylic acids is 1. The molecule has 1 heterocycles. The summed E-state index contributed by atoms with van der Waals surface area (Å²) in [7, 11) is 0. The quantitative estimate of drug-likeness (QED) is 0.772. The molecule has 2 aromatic rings. The fourth-order valence-electron chi connectivity index (χ4n) is 1.33. The fraction of sp³-hybridized carbons (Fsp3) is 0. The van der Waals surface area contributed by atoms with Crippen LogP contribution < -0.4 is 0 Å². The van der Waals surface area contributed by atoms with Crippen molar-refractivity contribution in [3.05, 3.63) is 62.9 Å². The van der Waals surface area contributed by atoms with Crippen molar-refractivity contribution in [2.24, 2.45) is 0 Å². The van der Waals surface area contributed by atoms with Gasteiger partial charge in [-0.05, 0) is 30.3 Å². The average molecular weight is 287 g/mol. The number of ketones is 1. The van der Waals surface area contributed by atoms with Gasteiger partial charge < -0.3 is 0 Å². The Hall–Kier alpha value is -1.09. The maximum absolute atomic E-state index is 12.1. The van der Waals surface area contributed by atoms with Gasteiger partial charge in [-0.2, -0.15) is 0 Å². The summed E-state index contributed by atoms with van der Waals surface area (Å²) in [6.07, 6.45) is 1.51. The Balaban J connectivity index is 2.44. The van der Waals surface area contributed by atoms with Gasteiger partial charge in [0.2, 0.25) is 5.78 Å². The first-order valence-electron chi connectivity index (χ1n) is 4.70. The standard InChI is InChI=1S/C12H6Cl3NO/c13-8-4-3-7(6-10(8)15)12(17)11-9(14)2-1-5-16-11/h1-6H. The lowest BCUT2D eigenvalue weighted by Crippen LogP contribution is -2.04. The van der Waals surface area contributed by atoms with E-state index in [0.29, 0.717) is 20.6 Å². The zero-order valence-electron chi connectivity index (χ0n) is 8.45. The second-order valence-electron chi connectivity index (χ2n) is 3.29. The molecule has 0 saturated heterocycles. The summed E-state index contributed by atoms with van der Waals surface area (Å²) in [6, 6.07) is 7.92. The molecule has 17 heavy (non-hydrogen) atoms. The van der Waals surface area contributed by atoms with E-state index in [-0.39, 0.29) is 11.5 Å². The first kappa shape index (κ1) is 12.4. The molecule has 0 aliphatic rings. The molecule has 1 aromatic heterocycles. The van der Waals surface area contributed by atoms with E-state index in [1.165, 1.54) is 12.3 Å². The molecule has 0 unspecified atom stereocenters. The van der Waals surface area contributed by atoms with Crippen LogP contribution in [0.1, 0.15) is 16.1 Å². The molecule has 1 aromatic carbocycles. The van der Waals surface area contributed by atoms with E-state index in [4.69, 9.17) is 34.8 Å². The van der Waals surface area contributed by atoms with Crippen LogP contribution in [0.25, 0.3) is 0 Å². The number of rotatable bonds is 2. The first-order valence-corrected chi connectivity index (χ1v) is 5.83. The predicted octanol–water partition coefficient (Wildman–Crippen LogP) is 4.27. The summed E-state index contributed by atoms with van der Waals surface area (Å²) in [5, 5.41) is 1.03. The number of aromatic nitrogens is 1. The van der Waals surface area contributed by atoms with E-state index in [2.05, 4.69) is 4.98 Å². The molecule has 0 bridgehead atoms. The summed E-state index contributed by atoms with van der Waals surface area (Å²) >= 11 is 17.5. The van der Waals surface area contributed by atoms with Gasteiger partial charge in [-0.1, -0.05) is 34.8 Å². The van der Waals surface area contributed by atoms with Crippen molar-refractivity contribution in [2.45, 2.75) is 0 Å². The molecular weight excluding hydrogens is 280 g/mol. The van der Waals surface area contributed by atoms with E-state index in [9.17, 15) is 4.79 Å². The topological polar surface area (TPSA) is 30.0 Å². The van der Waals surface area contributed by atoms with Crippen LogP contribution in [0.5, 0.6) is 0 Å². The first-order chi connectivity index (χ1) is 8.09. The SMILES string of the molecule is O=C(c1ccc(Cl)c(Cl)c1)c1ncccc1Cl. The van der Waals surface area contributed by atoms with Gasteiger partial charge in [0, 0.05) is 11.8 Å². The molecule has 0 N–H and O–H groups in total. The fourth-order valence-corrected chi connectivity index (χ4v) is 1.83. The molecule has 0 spiro atoms. The van der Waals surface area contributed by atoms with E-state index >= 15 is 0 Å². The number of hydrogen-bond acceptors (Lipinski definition) is 2. The molecule has 0 aliphatic carbocycles. The van der Waals surface area contributed by atoms with Crippen molar-refractivity contribution in [2.75, 3.05) is 0 Å². The van der Waals surface area contributed by atoms with Gasteiger partial charge in [0.1, 0.15) is 5.69 Å². The molecule has 0 radical (unpaired) electrons. The second-order valence-corrected chi connectivity index (χ2v) is 4.51. The van der Waals surface area contributed by atoms with Crippen molar-refractivity contribution >= 4 is 40.6 Å². The van der Waals surface area contributed by atoms with Crippen LogP contribution in [0.2, 0.25) is 15.1 Å². The van der Waals surface area contributed by atoms with Crippen LogP contribution in [0.3, 0.4) is 0 Å². The van der Waals surface area contributed by atoms with Gasteiger partial charge in [-0.25, -0.2) is 0 Å². The lowest BCUT2D eigenvalue weighted by molar-refractivity contribution is 0.103. The highest BCUT2D eigenvalue weighted by Gasteiger charge is 2.14. The van der Waals surface area contributed by atoms with Crippen LogP contribution in [0.4, 0.5) is 0 Å². The van der Waals surface area contributed by atoms with Gasteiger partial charge in [0.25, 0.3) is 0 Å². The summed E-state index contributed by atoms with van der Waals surface area (Å²) in [5.74, 6) is -0.283. The molecule has 0 saturated carbocycles. The molecule has 0 amide bonds. The monoisotopic (exact) mass is 285 g/mol. The van der Waals surface area contributed by atoms with E-state index in [0.717, 1.165) is 0 Å². The molecule has 0 fully saturated rings. The lowest BCUT2D eigenvalue weighted by Gasteiger charge is -2.03. The normalized spacial score (nSPS) is 10.3. The second kappa shape index (κ2) is 5.05. The number of nitrogens with zero attached hydrogens (tertiary/aromatic N) is 1. The number of hydrogen-bond donors (Lipinski definition) is 0. The highest BCUT2D eigenvalue weighted by molar-refractivity contribution is 6.42. The minimum atomic E-state index is -0.283. The van der Waals surface area contributed by atoms with Crippen LogP contribution >= 0.6 is 34.8 Å². The Bertz CT molecular complexity index is 584. The highest BCUT2D eigenvalue weighted by Crippen LogP contribution is 2.24. The van der Waals surface area contributed by atoms with Crippen molar-refractivity contribution in [3.8, 4) is 0 Å². The third kappa shape index (κ3) is 2.60. The van der Waals surface area contributed by atoms with E-state index in [1.807, 2.05) is 0 Å². The Morgan fingerprint density at radius 3 is 2.41 bits per heavy atom. The maximum atomic E-state index is 12.1. The minimum absolute atomic E-state index is 0.201. The minimum Gasteiger partial charge on any atom is -0.287 e. The van der Waals surface area contributed by atoms with Gasteiger partial charge in [0.15, 0.2) is 0 Å². The molecule has 2 nitrogen and oxygen atoms in total. The summed E-state index contributed by atoms with van der Waals surface area (Å²) in [5.41, 5.74) is 0.604. The molecule has 5 heteroatoms. The molecular formula is C12H6Cl3NO. The van der Waals surface area contributed by atoms with E-state index in [1.54, 1.807) is 24.3 Å². The Kier molecular flexibility index (Phi) is 3.67. The zero-order valence-corrected chi connectivity index (χ0v) is 10.7. The van der Waals surface area contributed by atoms with Crippen molar-refractivity contribution in [1.82, 2.24) is 4.98 Å². The van der Waals surface area contributed by atoms with Gasteiger partial charge in [-0.3, -0.25) is 9.78 Å². The third-order valence-corrected chi connectivity index (χ3v) is 3.20. The van der Waals surface area contributed by atoms with Crippen LogP contribution in [0.15, 0.2) is 36.5 Å². The maximum Gasteiger partial charge on any atom is 0.212 e. The van der Waals surface area contributed by atoms with Crippen LogP contribution in [0, 0.1) is 0 Å². The summed E-state index contributed by atoms with van der Waals surface area (Å²) in [6.45, 7) is 0. The third-order valence-electron chi connectivity index (χ3n) is 2.16. The molecule has 86 valence electrons. The van der Waals surface area contributed by atoms with Crippen molar-refractivity contribution in [3.63, 3.8) is 0 Å². The Labute approximate surface area is 113 Å². The smallest absolute Gasteiger partial charge is 0.212 e. The van der Waals surface area contributed by atoms with Crippen molar-refractivity contribution in [1.29, 1.82) is 0 Å². The zero-order chi connectivity index (χ0) is 12.4. The summed E-state index contributed by atoms with van der Waals surface area (Å²) < 4.78 is 0. The number of halogens is 3. The molecule has 2 rings (SSSR count). The Morgan fingerprint density at radius 1 is 1.00 bits per heavy atom. The number of carbonyl (C=O) groups is 1. The van der Waals surface area contributed by atoms with Gasteiger partial charge in [-0.15, -0.1) is 0 Å². The largest absolute Gasteiger partial charge is 0.287 e. The average Bonchev–Trinajstić information content (AvgIpc) is 2.32. The Morgan fingerprint density at radius 2 is 1.76 bits per heavy atom. The number of benzene rings is 1.